The highest BCUT2D eigenvalue weighted by Gasteiger charge is 2.17. The van der Waals surface area contributed by atoms with Crippen molar-refractivity contribution in [3.05, 3.63) is 64.5 Å². The topological polar surface area (TPSA) is 59.4 Å². The molecule has 0 fully saturated rings. The molecule has 5 heteroatoms. The Bertz CT molecular complexity index is 795. The lowest BCUT2D eigenvalue weighted by Gasteiger charge is -2.06. The van der Waals surface area contributed by atoms with Crippen molar-refractivity contribution >= 4 is 17.3 Å². The molecular weight excluding hydrogens is 298 g/mol. The van der Waals surface area contributed by atoms with E-state index >= 15 is 0 Å². The van der Waals surface area contributed by atoms with Gasteiger partial charge in [0, 0.05) is 5.56 Å². The molecule has 0 spiro atoms. The van der Waals surface area contributed by atoms with Crippen molar-refractivity contribution in [3.8, 4) is 22.8 Å². The molecule has 0 amide bonds. The molecule has 3 rings (SSSR count). The summed E-state index contributed by atoms with van der Waals surface area (Å²) in [6.07, 6.45) is 0. The maximum absolute atomic E-state index is 11.3. The molecule has 0 radical (unpaired) electrons. The second kappa shape index (κ2) is 5.99. The zero-order valence-electron chi connectivity index (χ0n) is 11.8. The number of nitrogens with zero attached hydrogens (tertiary/aromatic N) is 1. The van der Waals surface area contributed by atoms with Crippen LogP contribution in [0.3, 0.4) is 0 Å². The lowest BCUT2D eigenvalue weighted by Crippen LogP contribution is -1.95. The molecule has 4 nitrogen and oxygen atoms in total. The molecule has 0 unspecified atom stereocenters. The van der Waals surface area contributed by atoms with Gasteiger partial charge in [0.1, 0.15) is 16.4 Å². The number of benzene rings is 2. The molecule has 0 bridgehead atoms. The molecule has 0 saturated heterocycles. The minimum absolute atomic E-state index is 0.259. The second-order valence-electron chi connectivity index (χ2n) is 4.66. The molecule has 0 saturated carbocycles. The quantitative estimate of drug-likeness (QED) is 0.764. The Morgan fingerprint density at radius 1 is 1.05 bits per heavy atom. The highest BCUT2D eigenvalue weighted by molar-refractivity contribution is 7.14. The Kier molecular flexibility index (Phi) is 3.89. The van der Waals surface area contributed by atoms with Gasteiger partial charge < -0.3 is 9.84 Å². The number of aromatic carboxylic acids is 1. The fourth-order valence-corrected chi connectivity index (χ4v) is 2.85. The molecule has 3 aromatic rings. The summed E-state index contributed by atoms with van der Waals surface area (Å²) in [4.78, 5) is 15.8. The van der Waals surface area contributed by atoms with Crippen LogP contribution in [-0.2, 0) is 0 Å². The first kappa shape index (κ1) is 14.3. The molecule has 110 valence electrons. The summed E-state index contributed by atoms with van der Waals surface area (Å²) in [6, 6.07) is 16.7. The third-order valence-corrected chi connectivity index (χ3v) is 3.99. The van der Waals surface area contributed by atoms with Crippen LogP contribution in [0.4, 0.5) is 0 Å². The molecule has 1 heterocycles. The standard InChI is InChI=1S/C17H13NO3S/c1-11-18-15(16(22-11)17(19)20)12-7-9-14(10-8-12)21-13-5-3-2-4-6-13/h2-10H,1H3,(H,19,20). The van der Waals surface area contributed by atoms with Gasteiger partial charge in [0.05, 0.1) is 10.7 Å². The number of aromatic nitrogens is 1. The van der Waals surface area contributed by atoms with Gasteiger partial charge in [-0.2, -0.15) is 0 Å². The number of carbonyl (C=O) groups is 1. The molecule has 0 aliphatic carbocycles. The van der Waals surface area contributed by atoms with E-state index in [1.54, 1.807) is 6.92 Å². The number of para-hydroxylation sites is 1. The fraction of sp³-hybridized carbons (Fsp3) is 0.0588. The third kappa shape index (κ3) is 2.99. The van der Waals surface area contributed by atoms with Gasteiger partial charge >= 0.3 is 5.97 Å². The van der Waals surface area contributed by atoms with E-state index in [0.717, 1.165) is 16.3 Å². The Hall–Kier alpha value is -2.66. The fourth-order valence-electron chi connectivity index (χ4n) is 2.07. The molecule has 22 heavy (non-hydrogen) atoms. The molecule has 0 atom stereocenters. The van der Waals surface area contributed by atoms with Crippen molar-refractivity contribution in [2.24, 2.45) is 0 Å². The normalized spacial score (nSPS) is 10.4. The van der Waals surface area contributed by atoms with Crippen molar-refractivity contribution < 1.29 is 14.6 Å². The van der Waals surface area contributed by atoms with Gasteiger partial charge in [-0.3, -0.25) is 0 Å². The van der Waals surface area contributed by atoms with Crippen LogP contribution >= 0.6 is 11.3 Å². The molecule has 0 aliphatic heterocycles. The summed E-state index contributed by atoms with van der Waals surface area (Å²) in [7, 11) is 0. The Labute approximate surface area is 131 Å². The lowest BCUT2D eigenvalue weighted by molar-refractivity contribution is 0.0702. The van der Waals surface area contributed by atoms with E-state index < -0.39 is 5.97 Å². The second-order valence-corrected chi connectivity index (χ2v) is 5.86. The maximum Gasteiger partial charge on any atom is 0.348 e. The van der Waals surface area contributed by atoms with Crippen LogP contribution in [0, 0.1) is 6.92 Å². The number of ether oxygens (including phenoxy) is 1. The number of carboxylic acids is 1. The van der Waals surface area contributed by atoms with E-state index in [1.807, 2.05) is 54.6 Å². The van der Waals surface area contributed by atoms with E-state index in [2.05, 4.69) is 4.98 Å². The van der Waals surface area contributed by atoms with Crippen molar-refractivity contribution in [1.29, 1.82) is 0 Å². The molecule has 1 aromatic heterocycles. The number of thiazole rings is 1. The van der Waals surface area contributed by atoms with Gasteiger partial charge in [-0.15, -0.1) is 11.3 Å². The average molecular weight is 311 g/mol. The average Bonchev–Trinajstić information content (AvgIpc) is 2.91. The zero-order chi connectivity index (χ0) is 15.5. The van der Waals surface area contributed by atoms with Crippen molar-refractivity contribution in [3.63, 3.8) is 0 Å². The van der Waals surface area contributed by atoms with Gasteiger partial charge in [-0.25, -0.2) is 9.78 Å². The number of rotatable bonds is 4. The molecule has 1 N–H and O–H groups in total. The van der Waals surface area contributed by atoms with Crippen molar-refractivity contribution in [2.75, 3.05) is 0 Å². The third-order valence-electron chi connectivity index (χ3n) is 3.03. The summed E-state index contributed by atoms with van der Waals surface area (Å²) in [6.45, 7) is 1.80. The minimum Gasteiger partial charge on any atom is -0.477 e. The van der Waals surface area contributed by atoms with Gasteiger partial charge in [-0.05, 0) is 43.3 Å². The number of hydrogen-bond acceptors (Lipinski definition) is 4. The Morgan fingerprint density at radius 3 is 2.32 bits per heavy atom. The number of aryl methyl sites for hydroxylation is 1. The molecular formula is C17H13NO3S. The number of carboxylic acid groups (broad SMARTS) is 1. The van der Waals surface area contributed by atoms with E-state index in [0.29, 0.717) is 11.4 Å². The highest BCUT2D eigenvalue weighted by Crippen LogP contribution is 2.30. The highest BCUT2D eigenvalue weighted by atomic mass is 32.1. The summed E-state index contributed by atoms with van der Waals surface area (Å²) in [5.41, 5.74) is 1.27. The Balaban J connectivity index is 1.87. The minimum atomic E-state index is -0.954. The van der Waals surface area contributed by atoms with Crippen molar-refractivity contribution in [2.45, 2.75) is 6.92 Å². The first-order chi connectivity index (χ1) is 10.6. The van der Waals surface area contributed by atoms with E-state index in [-0.39, 0.29) is 4.88 Å². The number of hydrogen-bond donors (Lipinski definition) is 1. The van der Waals surface area contributed by atoms with E-state index in [4.69, 9.17) is 4.74 Å². The monoisotopic (exact) mass is 311 g/mol. The Morgan fingerprint density at radius 2 is 1.68 bits per heavy atom. The van der Waals surface area contributed by atoms with E-state index in [1.165, 1.54) is 11.3 Å². The summed E-state index contributed by atoms with van der Waals surface area (Å²) in [5.74, 6) is 0.495. The maximum atomic E-state index is 11.3. The van der Waals surface area contributed by atoms with Gasteiger partial charge in [0.25, 0.3) is 0 Å². The first-order valence-electron chi connectivity index (χ1n) is 6.67. The zero-order valence-corrected chi connectivity index (χ0v) is 12.6. The summed E-state index contributed by atoms with van der Waals surface area (Å²) in [5, 5.41) is 9.97. The smallest absolute Gasteiger partial charge is 0.348 e. The van der Waals surface area contributed by atoms with Gasteiger partial charge in [0.2, 0.25) is 0 Å². The van der Waals surface area contributed by atoms with Gasteiger partial charge in [-0.1, -0.05) is 18.2 Å². The predicted octanol–water partition coefficient (Wildman–Crippen LogP) is 4.61. The lowest BCUT2D eigenvalue weighted by atomic mass is 10.1. The van der Waals surface area contributed by atoms with Crippen LogP contribution in [0.2, 0.25) is 0 Å². The molecule has 2 aromatic carbocycles. The van der Waals surface area contributed by atoms with Gasteiger partial charge in [0.15, 0.2) is 0 Å². The van der Waals surface area contributed by atoms with Crippen LogP contribution in [0.1, 0.15) is 14.7 Å². The van der Waals surface area contributed by atoms with Crippen molar-refractivity contribution in [1.82, 2.24) is 4.98 Å². The van der Waals surface area contributed by atoms with Crippen LogP contribution in [-0.4, -0.2) is 16.1 Å². The van der Waals surface area contributed by atoms with E-state index in [9.17, 15) is 9.90 Å². The van der Waals surface area contributed by atoms with Crippen LogP contribution in [0.15, 0.2) is 54.6 Å². The van der Waals surface area contributed by atoms with Crippen LogP contribution in [0.25, 0.3) is 11.3 Å². The SMILES string of the molecule is Cc1nc(-c2ccc(Oc3ccccc3)cc2)c(C(=O)O)s1. The van der Waals surface area contributed by atoms with Crippen LogP contribution < -0.4 is 4.74 Å². The summed E-state index contributed by atoms with van der Waals surface area (Å²) < 4.78 is 5.72. The predicted molar refractivity (Wildman–Crippen MR) is 85.8 cm³/mol. The first-order valence-corrected chi connectivity index (χ1v) is 7.49. The van der Waals surface area contributed by atoms with Crippen LogP contribution in [0.5, 0.6) is 11.5 Å². The summed E-state index contributed by atoms with van der Waals surface area (Å²) >= 11 is 1.18. The molecule has 0 aliphatic rings. The largest absolute Gasteiger partial charge is 0.477 e.